The van der Waals surface area contributed by atoms with Crippen LogP contribution in [0.25, 0.3) is 0 Å². The van der Waals surface area contributed by atoms with E-state index in [1.165, 1.54) is 35.1 Å². The molecule has 2 aliphatic rings. The summed E-state index contributed by atoms with van der Waals surface area (Å²) in [5, 5.41) is 0. The van der Waals surface area contributed by atoms with Crippen LogP contribution in [0.4, 0.5) is 0 Å². The van der Waals surface area contributed by atoms with E-state index in [1.807, 2.05) is 0 Å². The van der Waals surface area contributed by atoms with Gasteiger partial charge in [0.15, 0.2) is 0 Å². The van der Waals surface area contributed by atoms with Gasteiger partial charge in [-0.05, 0) is 55.2 Å². The molecule has 1 nitrogen and oxygen atoms in total. The van der Waals surface area contributed by atoms with E-state index in [2.05, 4.69) is 54.8 Å². The maximum Gasteiger partial charge on any atom is 0.0427 e. The molecule has 0 amide bonds. The van der Waals surface area contributed by atoms with Crippen LogP contribution in [0.5, 0.6) is 0 Å². The Bertz CT molecular complexity index is 496. The molecule has 0 saturated carbocycles. The SMILES string of the molecule is CC1=CCN(Cc2ccc3c(c2)CCC[C]3)C=C1. The summed E-state index contributed by atoms with van der Waals surface area (Å²) < 4.78 is 0. The first-order chi connectivity index (χ1) is 8.81. The van der Waals surface area contributed by atoms with Gasteiger partial charge in [-0.2, -0.15) is 0 Å². The molecule has 1 aliphatic heterocycles. The van der Waals surface area contributed by atoms with E-state index in [4.69, 9.17) is 0 Å². The van der Waals surface area contributed by atoms with Crippen LogP contribution in [0, 0.1) is 6.42 Å². The second-order valence-corrected chi connectivity index (χ2v) is 5.22. The molecule has 2 radical (unpaired) electrons. The Labute approximate surface area is 110 Å². The van der Waals surface area contributed by atoms with Gasteiger partial charge in [-0.25, -0.2) is 0 Å². The van der Waals surface area contributed by atoms with Gasteiger partial charge < -0.3 is 4.90 Å². The molecule has 0 atom stereocenters. The van der Waals surface area contributed by atoms with Gasteiger partial charge in [0.1, 0.15) is 0 Å². The third-order valence-corrected chi connectivity index (χ3v) is 3.69. The summed E-state index contributed by atoms with van der Waals surface area (Å²) >= 11 is 0. The number of hydrogen-bond donors (Lipinski definition) is 0. The van der Waals surface area contributed by atoms with Crippen LogP contribution in [0.3, 0.4) is 0 Å². The molecule has 18 heavy (non-hydrogen) atoms. The molecule has 0 bridgehead atoms. The van der Waals surface area contributed by atoms with Gasteiger partial charge in [0.05, 0.1) is 0 Å². The number of rotatable bonds is 2. The van der Waals surface area contributed by atoms with Crippen molar-refractivity contribution in [2.24, 2.45) is 0 Å². The Morgan fingerprint density at radius 2 is 2.28 bits per heavy atom. The molecule has 0 saturated heterocycles. The van der Waals surface area contributed by atoms with Gasteiger partial charge in [-0.1, -0.05) is 29.8 Å². The Hall–Kier alpha value is -1.50. The fourth-order valence-electron chi connectivity index (χ4n) is 2.59. The normalized spacial score (nSPS) is 18.5. The smallest absolute Gasteiger partial charge is 0.0427 e. The van der Waals surface area contributed by atoms with Crippen LogP contribution >= 0.6 is 0 Å². The predicted octanol–water partition coefficient (Wildman–Crippen LogP) is 3.73. The minimum absolute atomic E-state index is 1.01. The molecule has 0 spiro atoms. The van der Waals surface area contributed by atoms with Crippen LogP contribution < -0.4 is 0 Å². The number of hydrogen-bond acceptors (Lipinski definition) is 1. The van der Waals surface area contributed by atoms with Gasteiger partial charge in [0.2, 0.25) is 0 Å². The van der Waals surface area contributed by atoms with E-state index in [0.717, 1.165) is 19.5 Å². The second-order valence-electron chi connectivity index (χ2n) is 5.22. The molecule has 1 aromatic carbocycles. The average molecular weight is 237 g/mol. The Morgan fingerprint density at radius 3 is 3.11 bits per heavy atom. The lowest BCUT2D eigenvalue weighted by Gasteiger charge is -2.23. The maximum absolute atomic E-state index is 3.46. The van der Waals surface area contributed by atoms with Crippen LogP contribution in [0.2, 0.25) is 0 Å². The summed E-state index contributed by atoms with van der Waals surface area (Å²) in [5.74, 6) is 0. The van der Waals surface area contributed by atoms with Crippen LogP contribution in [0.15, 0.2) is 42.1 Å². The molecule has 92 valence electrons. The average Bonchev–Trinajstić information content (AvgIpc) is 2.41. The van der Waals surface area contributed by atoms with Crippen molar-refractivity contribution in [1.29, 1.82) is 0 Å². The van der Waals surface area contributed by atoms with Crippen molar-refractivity contribution in [2.75, 3.05) is 6.54 Å². The molecule has 1 aliphatic carbocycles. The monoisotopic (exact) mass is 237 g/mol. The maximum atomic E-state index is 3.46. The van der Waals surface area contributed by atoms with E-state index in [9.17, 15) is 0 Å². The summed E-state index contributed by atoms with van der Waals surface area (Å²) in [6.07, 6.45) is 13.7. The molecule has 1 heteroatoms. The molecular weight excluding hydrogens is 218 g/mol. The van der Waals surface area contributed by atoms with Crippen LogP contribution in [0.1, 0.15) is 36.5 Å². The molecule has 0 unspecified atom stereocenters. The first kappa shape index (κ1) is 11.6. The Kier molecular flexibility index (Phi) is 3.22. The molecule has 1 aromatic rings. The predicted molar refractivity (Wildman–Crippen MR) is 75.0 cm³/mol. The third-order valence-electron chi connectivity index (χ3n) is 3.69. The van der Waals surface area contributed by atoms with Crippen molar-refractivity contribution in [3.63, 3.8) is 0 Å². The lowest BCUT2D eigenvalue weighted by molar-refractivity contribution is 0.403. The van der Waals surface area contributed by atoms with E-state index in [0.29, 0.717) is 0 Å². The fraction of sp³-hybridized carbons (Fsp3) is 0.353. The van der Waals surface area contributed by atoms with Crippen molar-refractivity contribution >= 4 is 0 Å². The summed E-state index contributed by atoms with van der Waals surface area (Å²) in [6.45, 7) is 4.18. The topological polar surface area (TPSA) is 3.24 Å². The van der Waals surface area contributed by atoms with Gasteiger partial charge in [0, 0.05) is 19.5 Å². The van der Waals surface area contributed by atoms with Crippen molar-refractivity contribution < 1.29 is 0 Å². The quantitative estimate of drug-likeness (QED) is 0.757. The standard InChI is InChI=1S/C17H19N/c1-14-8-10-18(11-9-14)13-15-6-7-16-4-2-3-5-17(16)12-15/h6-10,12H,2-3,5,11,13H2,1H3. The molecule has 1 heterocycles. The number of allylic oxidation sites excluding steroid dienone is 2. The van der Waals surface area contributed by atoms with Gasteiger partial charge in [-0.3, -0.25) is 0 Å². The summed E-state index contributed by atoms with van der Waals surface area (Å²) in [6, 6.07) is 6.84. The summed E-state index contributed by atoms with van der Waals surface area (Å²) in [5.41, 5.74) is 5.58. The zero-order valence-corrected chi connectivity index (χ0v) is 10.9. The Balaban J connectivity index is 1.72. The van der Waals surface area contributed by atoms with Crippen molar-refractivity contribution in [1.82, 2.24) is 4.90 Å². The first-order valence-corrected chi connectivity index (χ1v) is 6.76. The van der Waals surface area contributed by atoms with Crippen LogP contribution in [-0.2, 0) is 13.0 Å². The van der Waals surface area contributed by atoms with Crippen molar-refractivity contribution in [2.45, 2.75) is 32.7 Å². The van der Waals surface area contributed by atoms with Gasteiger partial charge in [-0.15, -0.1) is 0 Å². The number of nitrogens with zero attached hydrogens (tertiary/aromatic N) is 1. The highest BCUT2D eigenvalue weighted by molar-refractivity contribution is 5.38. The van der Waals surface area contributed by atoms with E-state index in [-0.39, 0.29) is 0 Å². The van der Waals surface area contributed by atoms with E-state index in [1.54, 1.807) is 0 Å². The first-order valence-electron chi connectivity index (χ1n) is 6.76. The second kappa shape index (κ2) is 5.01. The Morgan fingerprint density at radius 1 is 1.33 bits per heavy atom. The fourth-order valence-corrected chi connectivity index (χ4v) is 2.59. The molecule has 0 N–H and O–H groups in total. The zero-order valence-electron chi connectivity index (χ0n) is 10.9. The zero-order chi connectivity index (χ0) is 12.4. The number of aryl methyl sites for hydroxylation is 1. The molecule has 0 fully saturated rings. The largest absolute Gasteiger partial charge is 0.369 e. The van der Waals surface area contributed by atoms with Gasteiger partial charge in [0.25, 0.3) is 0 Å². The highest BCUT2D eigenvalue weighted by Gasteiger charge is 2.11. The minimum atomic E-state index is 1.01. The van der Waals surface area contributed by atoms with Crippen molar-refractivity contribution in [3.8, 4) is 0 Å². The number of fused-ring (bicyclic) bond motifs is 1. The lowest BCUT2D eigenvalue weighted by Crippen LogP contribution is -2.19. The summed E-state index contributed by atoms with van der Waals surface area (Å²) in [7, 11) is 0. The highest BCUT2D eigenvalue weighted by Crippen LogP contribution is 2.24. The van der Waals surface area contributed by atoms with Crippen LogP contribution in [-0.4, -0.2) is 11.4 Å². The number of benzene rings is 1. The lowest BCUT2D eigenvalue weighted by atomic mass is 9.90. The van der Waals surface area contributed by atoms with Crippen molar-refractivity contribution in [3.05, 3.63) is 65.2 Å². The minimum Gasteiger partial charge on any atom is -0.369 e. The van der Waals surface area contributed by atoms with E-state index >= 15 is 0 Å². The highest BCUT2D eigenvalue weighted by atomic mass is 15.1. The third kappa shape index (κ3) is 2.50. The van der Waals surface area contributed by atoms with Gasteiger partial charge >= 0.3 is 0 Å². The molecular formula is C17H19N. The molecule has 0 aromatic heterocycles. The summed E-state index contributed by atoms with van der Waals surface area (Å²) in [4.78, 5) is 2.35. The molecule has 3 rings (SSSR count). The van der Waals surface area contributed by atoms with E-state index < -0.39 is 0 Å².